The maximum absolute atomic E-state index is 12.5. The molecule has 0 aliphatic carbocycles. The van der Waals surface area contributed by atoms with Crippen LogP contribution in [0.5, 0.6) is 5.75 Å². The molecular weight excluding hydrogens is 292 g/mol. The largest absolute Gasteiger partial charge is 0.491 e. The Kier molecular flexibility index (Phi) is 4.04. The van der Waals surface area contributed by atoms with Crippen molar-refractivity contribution in [2.75, 3.05) is 19.7 Å². The van der Waals surface area contributed by atoms with Crippen LogP contribution in [-0.2, 0) is 4.79 Å². The lowest BCUT2D eigenvalue weighted by Crippen LogP contribution is -2.42. The Morgan fingerprint density at radius 3 is 2.70 bits per heavy atom. The predicted octanol–water partition coefficient (Wildman–Crippen LogP) is 3.01. The fourth-order valence-electron chi connectivity index (χ4n) is 3.55. The van der Waals surface area contributed by atoms with E-state index in [4.69, 9.17) is 4.74 Å². The number of para-hydroxylation sites is 1. The molecule has 23 heavy (non-hydrogen) atoms. The fourth-order valence-corrected chi connectivity index (χ4v) is 3.55. The number of imide groups is 1. The number of amides is 3. The number of ether oxygens (including phenoxy) is 1. The van der Waals surface area contributed by atoms with Crippen LogP contribution in [0.1, 0.15) is 45.1 Å². The molecule has 3 amide bonds. The molecule has 2 heterocycles. The van der Waals surface area contributed by atoms with Crippen LogP contribution in [0.15, 0.2) is 24.3 Å². The first-order chi connectivity index (χ1) is 10.9. The van der Waals surface area contributed by atoms with Gasteiger partial charge in [-0.2, -0.15) is 0 Å². The fraction of sp³-hybridized carbons (Fsp3) is 0.556. The summed E-state index contributed by atoms with van der Waals surface area (Å²) in [7, 11) is 0. The van der Waals surface area contributed by atoms with Crippen LogP contribution in [0.25, 0.3) is 0 Å². The van der Waals surface area contributed by atoms with Crippen molar-refractivity contribution < 1.29 is 14.3 Å². The number of urea groups is 1. The van der Waals surface area contributed by atoms with Crippen LogP contribution in [0.4, 0.5) is 4.79 Å². The lowest BCUT2D eigenvalue weighted by molar-refractivity contribution is -0.132. The van der Waals surface area contributed by atoms with Crippen molar-refractivity contribution >= 4 is 11.9 Å². The van der Waals surface area contributed by atoms with E-state index in [1.807, 2.05) is 31.2 Å². The zero-order chi connectivity index (χ0) is 16.6. The standard InChI is InChI=1S/C18H24N2O3/c1-13(2)14-7-4-5-8-15(14)23-12-11-19-16(21)18(3)9-6-10-20(18)17(19)22/h4-5,7-8,13H,6,9-12H2,1-3H3/t18-/m1/s1. The molecule has 5 nitrogen and oxygen atoms in total. The molecule has 124 valence electrons. The highest BCUT2D eigenvalue weighted by Gasteiger charge is 2.56. The average molecular weight is 316 g/mol. The Morgan fingerprint density at radius 1 is 1.26 bits per heavy atom. The van der Waals surface area contributed by atoms with Crippen molar-refractivity contribution in [2.24, 2.45) is 0 Å². The molecule has 5 heteroatoms. The monoisotopic (exact) mass is 316 g/mol. The summed E-state index contributed by atoms with van der Waals surface area (Å²) < 4.78 is 5.85. The van der Waals surface area contributed by atoms with Crippen molar-refractivity contribution in [3.63, 3.8) is 0 Å². The molecule has 0 aromatic heterocycles. The number of fused-ring (bicyclic) bond motifs is 1. The Bertz CT molecular complexity index is 628. The average Bonchev–Trinajstić information content (AvgIpc) is 3.00. The first-order valence-corrected chi connectivity index (χ1v) is 8.30. The highest BCUT2D eigenvalue weighted by molar-refractivity contribution is 6.07. The van der Waals surface area contributed by atoms with Gasteiger partial charge in [0.15, 0.2) is 0 Å². The number of carbonyl (C=O) groups excluding carboxylic acids is 2. The van der Waals surface area contributed by atoms with Gasteiger partial charge >= 0.3 is 6.03 Å². The zero-order valence-electron chi connectivity index (χ0n) is 14.0. The summed E-state index contributed by atoms with van der Waals surface area (Å²) >= 11 is 0. The van der Waals surface area contributed by atoms with Crippen molar-refractivity contribution in [3.05, 3.63) is 29.8 Å². The second-order valence-corrected chi connectivity index (χ2v) is 6.81. The summed E-state index contributed by atoms with van der Waals surface area (Å²) in [6.45, 7) is 7.40. The van der Waals surface area contributed by atoms with Crippen molar-refractivity contribution in [3.8, 4) is 5.75 Å². The Morgan fingerprint density at radius 2 is 2.00 bits per heavy atom. The molecule has 1 aromatic rings. The van der Waals surface area contributed by atoms with Gasteiger partial charge in [-0.05, 0) is 37.3 Å². The topological polar surface area (TPSA) is 49.9 Å². The minimum Gasteiger partial charge on any atom is -0.491 e. The molecule has 0 N–H and O–H groups in total. The summed E-state index contributed by atoms with van der Waals surface area (Å²) in [6.07, 6.45) is 1.66. The molecule has 1 aromatic carbocycles. The molecule has 0 spiro atoms. The molecule has 3 rings (SSSR count). The lowest BCUT2D eigenvalue weighted by atomic mass is 9.99. The normalized spacial score (nSPS) is 23.8. The van der Waals surface area contributed by atoms with E-state index in [2.05, 4.69) is 13.8 Å². The quantitative estimate of drug-likeness (QED) is 0.785. The minimum absolute atomic E-state index is 0.0826. The molecular formula is C18H24N2O3. The first kappa shape index (κ1) is 15.8. The van der Waals surface area contributed by atoms with E-state index in [0.717, 1.165) is 24.2 Å². The summed E-state index contributed by atoms with van der Waals surface area (Å²) in [5.74, 6) is 1.11. The van der Waals surface area contributed by atoms with Crippen LogP contribution < -0.4 is 4.74 Å². The van der Waals surface area contributed by atoms with Gasteiger partial charge in [-0.15, -0.1) is 0 Å². The predicted molar refractivity (Wildman–Crippen MR) is 87.5 cm³/mol. The smallest absolute Gasteiger partial charge is 0.327 e. The van der Waals surface area contributed by atoms with Crippen molar-refractivity contribution in [1.29, 1.82) is 0 Å². The maximum atomic E-state index is 12.5. The van der Waals surface area contributed by atoms with Gasteiger partial charge in [-0.3, -0.25) is 9.69 Å². The van der Waals surface area contributed by atoms with Crippen molar-refractivity contribution in [1.82, 2.24) is 9.80 Å². The highest BCUT2D eigenvalue weighted by Crippen LogP contribution is 2.37. The Hall–Kier alpha value is -2.04. The van der Waals surface area contributed by atoms with Gasteiger partial charge in [0.1, 0.15) is 17.9 Å². The van der Waals surface area contributed by atoms with Gasteiger partial charge < -0.3 is 9.64 Å². The summed E-state index contributed by atoms with van der Waals surface area (Å²) in [5, 5.41) is 0. The molecule has 2 aliphatic rings. The Balaban J connectivity index is 1.64. The van der Waals surface area contributed by atoms with E-state index in [0.29, 0.717) is 25.6 Å². The second-order valence-electron chi connectivity index (χ2n) is 6.81. The highest BCUT2D eigenvalue weighted by atomic mass is 16.5. The van der Waals surface area contributed by atoms with Gasteiger partial charge in [0.25, 0.3) is 5.91 Å². The zero-order valence-corrected chi connectivity index (χ0v) is 14.0. The van der Waals surface area contributed by atoms with E-state index in [-0.39, 0.29) is 11.9 Å². The number of hydrogen-bond donors (Lipinski definition) is 0. The van der Waals surface area contributed by atoms with Crippen LogP contribution in [0.2, 0.25) is 0 Å². The number of carbonyl (C=O) groups is 2. The van der Waals surface area contributed by atoms with Gasteiger partial charge in [0, 0.05) is 6.54 Å². The van der Waals surface area contributed by atoms with Crippen molar-refractivity contribution in [2.45, 2.75) is 45.1 Å². The van der Waals surface area contributed by atoms with Crippen LogP contribution in [0.3, 0.4) is 0 Å². The minimum atomic E-state index is -0.632. The van der Waals surface area contributed by atoms with Crippen LogP contribution in [0, 0.1) is 0 Å². The molecule has 1 atom stereocenters. The molecule has 0 unspecified atom stereocenters. The van der Waals surface area contributed by atoms with Gasteiger partial charge in [0.2, 0.25) is 0 Å². The van der Waals surface area contributed by atoms with Gasteiger partial charge in [-0.25, -0.2) is 4.79 Å². The number of nitrogens with zero attached hydrogens (tertiary/aromatic N) is 2. The van der Waals surface area contributed by atoms with Crippen LogP contribution >= 0.6 is 0 Å². The van der Waals surface area contributed by atoms with Gasteiger partial charge in [-0.1, -0.05) is 32.0 Å². The molecule has 0 radical (unpaired) electrons. The second kappa shape index (κ2) is 5.87. The van der Waals surface area contributed by atoms with E-state index in [9.17, 15) is 9.59 Å². The van der Waals surface area contributed by atoms with E-state index >= 15 is 0 Å². The summed E-state index contributed by atoms with van der Waals surface area (Å²) in [6, 6.07) is 7.73. The molecule has 2 aliphatic heterocycles. The van der Waals surface area contributed by atoms with Crippen LogP contribution in [-0.4, -0.2) is 47.0 Å². The van der Waals surface area contributed by atoms with Gasteiger partial charge in [0.05, 0.1) is 6.54 Å². The third-order valence-electron chi connectivity index (χ3n) is 4.92. The third kappa shape index (κ3) is 2.58. The molecule has 0 saturated carbocycles. The summed E-state index contributed by atoms with van der Waals surface area (Å²) in [5.41, 5.74) is 0.506. The third-order valence-corrected chi connectivity index (χ3v) is 4.92. The lowest BCUT2D eigenvalue weighted by Gasteiger charge is -2.22. The van der Waals surface area contributed by atoms with E-state index < -0.39 is 5.54 Å². The number of benzene rings is 1. The maximum Gasteiger partial charge on any atom is 0.327 e. The van der Waals surface area contributed by atoms with E-state index in [1.54, 1.807) is 4.90 Å². The number of rotatable bonds is 5. The SMILES string of the molecule is CC(C)c1ccccc1OCCN1C(=O)N2CCC[C@]2(C)C1=O. The number of hydrogen-bond acceptors (Lipinski definition) is 3. The molecule has 2 fully saturated rings. The first-order valence-electron chi connectivity index (χ1n) is 8.30. The Labute approximate surface area is 137 Å². The molecule has 0 bridgehead atoms. The van der Waals surface area contributed by atoms with E-state index in [1.165, 1.54) is 4.90 Å². The molecule has 2 saturated heterocycles. The summed E-state index contributed by atoms with van der Waals surface area (Å²) in [4.78, 5) is 28.0.